The largest absolute Gasteiger partial charge is 0.454 e. The Bertz CT molecular complexity index is 1210. The van der Waals surface area contributed by atoms with Gasteiger partial charge >= 0.3 is 0 Å². The Balaban J connectivity index is 1.55. The molecule has 0 spiro atoms. The highest BCUT2D eigenvalue weighted by Gasteiger charge is 2.23. The van der Waals surface area contributed by atoms with E-state index in [2.05, 4.69) is 92.3 Å². The SMILES string of the molecule is CN(c1ccc(C2CCCCC2)cc1)c1cccc2c1oc1c([Si](C)(C)C)cccc12. The van der Waals surface area contributed by atoms with E-state index in [4.69, 9.17) is 4.42 Å². The van der Waals surface area contributed by atoms with Gasteiger partial charge in [0.2, 0.25) is 0 Å². The second-order valence-corrected chi connectivity index (χ2v) is 15.2. The minimum Gasteiger partial charge on any atom is -0.454 e. The average molecular weight is 428 g/mol. The first-order valence-corrected chi connectivity index (χ1v) is 15.2. The fourth-order valence-electron chi connectivity index (χ4n) is 5.21. The number of hydrogen-bond donors (Lipinski definition) is 0. The first-order valence-electron chi connectivity index (χ1n) is 11.7. The summed E-state index contributed by atoms with van der Waals surface area (Å²) in [7, 11) is 0.650. The predicted molar refractivity (Wildman–Crippen MR) is 137 cm³/mol. The molecule has 1 aliphatic rings. The molecule has 0 N–H and O–H groups in total. The smallest absolute Gasteiger partial charge is 0.159 e. The van der Waals surface area contributed by atoms with Gasteiger partial charge in [0.05, 0.1) is 13.8 Å². The lowest BCUT2D eigenvalue weighted by atomic mass is 9.84. The molecule has 0 aliphatic heterocycles. The van der Waals surface area contributed by atoms with Crippen LogP contribution >= 0.6 is 0 Å². The van der Waals surface area contributed by atoms with Gasteiger partial charge < -0.3 is 9.32 Å². The molecule has 160 valence electrons. The maximum absolute atomic E-state index is 6.60. The number of rotatable bonds is 4. The van der Waals surface area contributed by atoms with E-state index in [-0.39, 0.29) is 0 Å². The number of fused-ring (bicyclic) bond motifs is 3. The summed E-state index contributed by atoms with van der Waals surface area (Å²) in [5, 5.41) is 3.84. The van der Waals surface area contributed by atoms with Crippen LogP contribution in [0.15, 0.2) is 65.1 Å². The normalized spacial score (nSPS) is 15.6. The summed E-state index contributed by atoms with van der Waals surface area (Å²) in [6, 6.07) is 22.4. The molecule has 1 fully saturated rings. The van der Waals surface area contributed by atoms with Crippen molar-refractivity contribution < 1.29 is 4.42 Å². The van der Waals surface area contributed by atoms with E-state index in [0.717, 1.165) is 22.8 Å². The van der Waals surface area contributed by atoms with Gasteiger partial charge in [0.25, 0.3) is 0 Å². The molecular weight excluding hydrogens is 394 g/mol. The van der Waals surface area contributed by atoms with Gasteiger partial charge in [-0.2, -0.15) is 0 Å². The molecule has 3 aromatic carbocycles. The Kier molecular flexibility index (Phi) is 5.17. The van der Waals surface area contributed by atoms with Crippen molar-refractivity contribution in [2.45, 2.75) is 57.7 Å². The number of hydrogen-bond acceptors (Lipinski definition) is 2. The lowest BCUT2D eigenvalue weighted by Gasteiger charge is -2.24. The predicted octanol–water partition coefficient (Wildman–Crippen LogP) is 7.95. The average Bonchev–Trinajstić information content (AvgIpc) is 3.17. The molecular formula is C28H33NOSi. The fraction of sp³-hybridized carbons (Fsp3) is 0.357. The van der Waals surface area contributed by atoms with E-state index in [9.17, 15) is 0 Å². The summed E-state index contributed by atoms with van der Waals surface area (Å²) in [5.74, 6) is 0.742. The van der Waals surface area contributed by atoms with Crippen molar-refractivity contribution >= 4 is 46.6 Å². The van der Waals surface area contributed by atoms with Crippen molar-refractivity contribution in [3.63, 3.8) is 0 Å². The van der Waals surface area contributed by atoms with Crippen LogP contribution in [-0.2, 0) is 0 Å². The molecule has 5 rings (SSSR count). The molecule has 0 unspecified atom stereocenters. The Labute approximate surface area is 186 Å². The van der Waals surface area contributed by atoms with E-state index < -0.39 is 8.07 Å². The van der Waals surface area contributed by atoms with Crippen LogP contribution in [0, 0.1) is 0 Å². The van der Waals surface area contributed by atoms with Gasteiger partial charge in [0.1, 0.15) is 5.58 Å². The molecule has 1 heterocycles. The Hall–Kier alpha value is -2.52. The van der Waals surface area contributed by atoms with Crippen LogP contribution < -0.4 is 10.1 Å². The molecule has 0 saturated heterocycles. The van der Waals surface area contributed by atoms with Crippen molar-refractivity contribution in [1.29, 1.82) is 0 Å². The van der Waals surface area contributed by atoms with Gasteiger partial charge in [-0.25, -0.2) is 0 Å². The maximum atomic E-state index is 6.60. The molecule has 0 atom stereocenters. The van der Waals surface area contributed by atoms with E-state index in [1.807, 2.05) is 0 Å². The maximum Gasteiger partial charge on any atom is 0.159 e. The molecule has 4 aromatic rings. The highest BCUT2D eigenvalue weighted by molar-refractivity contribution is 6.90. The highest BCUT2D eigenvalue weighted by atomic mass is 28.3. The van der Waals surface area contributed by atoms with Crippen LogP contribution in [0.5, 0.6) is 0 Å². The van der Waals surface area contributed by atoms with Crippen LogP contribution in [0.2, 0.25) is 19.6 Å². The Morgan fingerprint density at radius 2 is 1.42 bits per heavy atom. The second-order valence-electron chi connectivity index (χ2n) is 10.2. The van der Waals surface area contributed by atoms with Crippen molar-refractivity contribution in [2.24, 2.45) is 0 Å². The van der Waals surface area contributed by atoms with E-state index in [1.165, 1.54) is 59.3 Å². The third-order valence-corrected chi connectivity index (χ3v) is 9.04. The van der Waals surface area contributed by atoms with Crippen LogP contribution in [0.3, 0.4) is 0 Å². The van der Waals surface area contributed by atoms with E-state index in [0.29, 0.717) is 0 Å². The summed E-state index contributed by atoms with van der Waals surface area (Å²) in [6.45, 7) is 7.15. The van der Waals surface area contributed by atoms with Crippen molar-refractivity contribution in [2.75, 3.05) is 11.9 Å². The monoisotopic (exact) mass is 427 g/mol. The minimum absolute atomic E-state index is 0.742. The zero-order valence-corrected chi connectivity index (χ0v) is 20.2. The topological polar surface area (TPSA) is 16.4 Å². The molecule has 1 aliphatic carbocycles. The molecule has 2 nitrogen and oxygen atoms in total. The van der Waals surface area contributed by atoms with Gasteiger partial charge in [-0.15, -0.1) is 0 Å². The molecule has 31 heavy (non-hydrogen) atoms. The van der Waals surface area contributed by atoms with Crippen LogP contribution in [0.25, 0.3) is 21.9 Å². The third-order valence-electron chi connectivity index (χ3n) is 7.03. The lowest BCUT2D eigenvalue weighted by Crippen LogP contribution is -2.37. The zero-order valence-electron chi connectivity index (χ0n) is 19.2. The van der Waals surface area contributed by atoms with Crippen molar-refractivity contribution in [3.8, 4) is 0 Å². The molecule has 1 saturated carbocycles. The van der Waals surface area contributed by atoms with Crippen molar-refractivity contribution in [1.82, 2.24) is 0 Å². The summed E-state index contributed by atoms with van der Waals surface area (Å²) in [4.78, 5) is 2.27. The third kappa shape index (κ3) is 3.69. The van der Waals surface area contributed by atoms with Crippen LogP contribution in [0.4, 0.5) is 11.4 Å². The van der Waals surface area contributed by atoms with Gasteiger partial charge in [-0.1, -0.05) is 81.4 Å². The van der Waals surface area contributed by atoms with Gasteiger partial charge in [0.15, 0.2) is 5.58 Å². The molecule has 3 heteroatoms. The minimum atomic E-state index is -1.50. The highest BCUT2D eigenvalue weighted by Crippen LogP contribution is 2.38. The summed E-state index contributed by atoms with van der Waals surface area (Å²) < 4.78 is 6.60. The second kappa shape index (κ2) is 7.87. The Morgan fingerprint density at radius 1 is 0.774 bits per heavy atom. The summed E-state index contributed by atoms with van der Waals surface area (Å²) in [5.41, 5.74) is 5.89. The van der Waals surface area contributed by atoms with E-state index in [1.54, 1.807) is 0 Å². The Morgan fingerprint density at radius 3 is 2.10 bits per heavy atom. The fourth-order valence-corrected chi connectivity index (χ4v) is 6.67. The van der Waals surface area contributed by atoms with Crippen molar-refractivity contribution in [3.05, 3.63) is 66.2 Å². The number of furan rings is 1. The lowest BCUT2D eigenvalue weighted by molar-refractivity contribution is 0.443. The standard InChI is InChI=1S/C28H33NOSi/c1-29(22-18-16-21(17-19-22)20-10-6-5-7-11-20)25-14-8-12-23-24-13-9-15-26(31(2,3)4)28(24)30-27(23)25/h8-9,12-20H,5-7,10-11H2,1-4H3. The van der Waals surface area contributed by atoms with Gasteiger partial charge in [-0.3, -0.25) is 0 Å². The molecule has 0 bridgehead atoms. The first kappa shape index (κ1) is 20.4. The quantitative estimate of drug-likeness (QED) is 0.307. The number of benzene rings is 3. The number of para-hydroxylation sites is 2. The first-order chi connectivity index (χ1) is 14.9. The van der Waals surface area contributed by atoms with Crippen LogP contribution in [0.1, 0.15) is 43.6 Å². The number of anilines is 2. The number of nitrogens with zero attached hydrogens (tertiary/aromatic N) is 1. The molecule has 0 amide bonds. The van der Waals surface area contributed by atoms with Gasteiger partial charge in [-0.05, 0) is 47.7 Å². The van der Waals surface area contributed by atoms with Gasteiger partial charge in [0, 0.05) is 23.5 Å². The zero-order chi connectivity index (χ0) is 21.6. The van der Waals surface area contributed by atoms with E-state index >= 15 is 0 Å². The van der Waals surface area contributed by atoms with Crippen LogP contribution in [-0.4, -0.2) is 15.1 Å². The summed E-state index contributed by atoms with van der Waals surface area (Å²) in [6.07, 6.45) is 6.83. The molecule has 1 aromatic heterocycles. The molecule has 0 radical (unpaired) electrons. The summed E-state index contributed by atoms with van der Waals surface area (Å²) >= 11 is 0.